The summed E-state index contributed by atoms with van der Waals surface area (Å²) < 4.78 is 4.55. The van der Waals surface area contributed by atoms with Crippen molar-refractivity contribution >= 4 is 11.3 Å². The van der Waals surface area contributed by atoms with E-state index >= 15 is 0 Å². The fraction of sp³-hybridized carbons (Fsp3) is 0.514. The zero-order valence-corrected chi connectivity index (χ0v) is 30.7. The summed E-state index contributed by atoms with van der Waals surface area (Å²) in [5, 5.41) is 1.71. The molecule has 210 valence electrons. The molecule has 39 heavy (non-hydrogen) atoms. The Morgan fingerprint density at radius 3 is 1.62 bits per heavy atom. The van der Waals surface area contributed by atoms with Crippen LogP contribution in [0.1, 0.15) is 106 Å². The predicted octanol–water partition coefficient (Wildman–Crippen LogP) is 4.21. The van der Waals surface area contributed by atoms with Gasteiger partial charge in [0.15, 0.2) is 0 Å². The maximum Gasteiger partial charge on any atom is -1.00 e. The first-order valence-electron chi connectivity index (χ1n) is 14.7. The van der Waals surface area contributed by atoms with Crippen molar-refractivity contribution in [2.24, 2.45) is 0 Å². The van der Waals surface area contributed by atoms with Crippen molar-refractivity contribution in [1.29, 1.82) is 0 Å². The first kappa shape index (κ1) is 33.0. The van der Waals surface area contributed by atoms with E-state index in [1.807, 2.05) is 6.49 Å². The average molecular weight is 659 g/mol. The van der Waals surface area contributed by atoms with Crippen molar-refractivity contribution in [2.45, 2.75) is 114 Å². The Morgan fingerprint density at radius 1 is 0.718 bits per heavy atom. The Balaban J connectivity index is 0.00000210. The van der Waals surface area contributed by atoms with Crippen molar-refractivity contribution in [1.82, 2.24) is 0 Å². The van der Waals surface area contributed by atoms with Crippen LogP contribution in [0.3, 0.4) is 0 Å². The summed E-state index contributed by atoms with van der Waals surface area (Å²) in [6, 6.07) is 15.1. The second kappa shape index (κ2) is 12.0. The van der Waals surface area contributed by atoms with E-state index in [4.69, 9.17) is 0 Å². The predicted molar refractivity (Wildman–Crippen MR) is 163 cm³/mol. The zero-order chi connectivity index (χ0) is 26.8. The van der Waals surface area contributed by atoms with Gasteiger partial charge in [-0.1, -0.05) is 0 Å². The molecule has 0 nitrogen and oxygen atoms in total. The maximum atomic E-state index is 2.75. The Bertz CT molecular complexity index is 1250. The quantitative estimate of drug-likeness (QED) is 0.434. The van der Waals surface area contributed by atoms with E-state index in [1.165, 1.54) is 60.8 Å². The SMILES string of the molecule is CC(C)(C)c1ccc2c(c1)[CH]([Zr+2]([C]1=CC([Si](C)(C)C)=CC1)=[C]1CCCCC1)c1cc(C(C)(C)C)ccc1-2.[Cl-].[Cl-]. The summed E-state index contributed by atoms with van der Waals surface area (Å²) in [6.07, 6.45) is 13.7. The summed E-state index contributed by atoms with van der Waals surface area (Å²) >= 11 is -2.21. The number of allylic oxidation sites excluding steroid dienone is 4. The number of benzene rings is 2. The molecule has 1 saturated carbocycles. The molecule has 0 radical (unpaired) electrons. The van der Waals surface area contributed by atoms with Crippen LogP contribution in [0.25, 0.3) is 11.1 Å². The van der Waals surface area contributed by atoms with Crippen LogP contribution < -0.4 is 24.8 Å². The van der Waals surface area contributed by atoms with E-state index in [2.05, 4.69) is 110 Å². The van der Waals surface area contributed by atoms with E-state index in [1.54, 1.807) is 16.3 Å². The van der Waals surface area contributed by atoms with Gasteiger partial charge in [0, 0.05) is 0 Å². The molecule has 0 bridgehead atoms. The van der Waals surface area contributed by atoms with E-state index in [0.717, 1.165) is 0 Å². The van der Waals surface area contributed by atoms with Crippen LogP contribution in [0.15, 0.2) is 57.0 Å². The van der Waals surface area contributed by atoms with Crippen LogP contribution in [0.4, 0.5) is 0 Å². The summed E-state index contributed by atoms with van der Waals surface area (Å²) in [4.78, 5) is 0. The molecule has 0 amide bonds. The largest absolute Gasteiger partial charge is 1.00 e. The van der Waals surface area contributed by atoms with Gasteiger partial charge in [0.2, 0.25) is 0 Å². The second-order valence-electron chi connectivity index (χ2n) is 14.9. The summed E-state index contributed by atoms with van der Waals surface area (Å²) in [7, 11) is -1.30. The molecule has 2 aromatic carbocycles. The smallest absolute Gasteiger partial charge is 1.00 e. The monoisotopic (exact) mass is 656 g/mol. The average Bonchev–Trinajstić information content (AvgIpc) is 3.43. The molecule has 0 aliphatic heterocycles. The van der Waals surface area contributed by atoms with Crippen molar-refractivity contribution in [3.05, 3.63) is 79.3 Å². The number of rotatable bonds is 3. The molecule has 0 atom stereocenters. The molecule has 0 unspecified atom stereocenters. The first-order chi connectivity index (χ1) is 17.2. The van der Waals surface area contributed by atoms with Gasteiger partial charge in [0.05, 0.1) is 0 Å². The van der Waals surface area contributed by atoms with Crippen molar-refractivity contribution in [3.63, 3.8) is 0 Å². The van der Waals surface area contributed by atoms with Gasteiger partial charge >= 0.3 is 237 Å². The van der Waals surface area contributed by atoms with E-state index in [0.29, 0.717) is 3.63 Å². The molecule has 0 N–H and O–H groups in total. The third kappa shape index (κ3) is 6.61. The van der Waals surface area contributed by atoms with Gasteiger partial charge in [0.1, 0.15) is 0 Å². The number of hydrogen-bond acceptors (Lipinski definition) is 0. The van der Waals surface area contributed by atoms with Crippen molar-refractivity contribution < 1.29 is 46.1 Å². The molecule has 2 aromatic rings. The minimum atomic E-state index is -2.21. The minimum absolute atomic E-state index is 0. The Hall–Kier alpha value is -0.530. The summed E-state index contributed by atoms with van der Waals surface area (Å²) in [5.74, 6) is 0. The Labute approximate surface area is 260 Å². The fourth-order valence-corrected chi connectivity index (χ4v) is 17.8. The van der Waals surface area contributed by atoms with Gasteiger partial charge in [-0.15, -0.1) is 0 Å². The number of halogens is 2. The van der Waals surface area contributed by atoms with E-state index in [-0.39, 0.29) is 35.6 Å². The van der Waals surface area contributed by atoms with Gasteiger partial charge in [-0.05, 0) is 0 Å². The minimum Gasteiger partial charge on any atom is -1.00 e. The van der Waals surface area contributed by atoms with Gasteiger partial charge < -0.3 is 24.8 Å². The normalized spacial score (nSPS) is 17.3. The van der Waals surface area contributed by atoms with Crippen LogP contribution in [-0.4, -0.2) is 11.3 Å². The molecule has 1 fully saturated rings. The fourth-order valence-electron chi connectivity index (χ4n) is 6.61. The third-order valence-corrected chi connectivity index (χ3v) is 19.6. The molecule has 5 rings (SSSR count). The molecular weight excluding hydrogens is 611 g/mol. The first-order valence-corrected chi connectivity index (χ1v) is 22.1. The summed E-state index contributed by atoms with van der Waals surface area (Å²) in [5.41, 5.74) is 9.74. The van der Waals surface area contributed by atoms with Gasteiger partial charge in [-0.25, -0.2) is 0 Å². The van der Waals surface area contributed by atoms with Crippen LogP contribution >= 0.6 is 0 Å². The molecule has 0 aromatic heterocycles. The van der Waals surface area contributed by atoms with Crippen LogP contribution in [-0.2, 0) is 32.1 Å². The van der Waals surface area contributed by atoms with Crippen LogP contribution in [0, 0.1) is 0 Å². The van der Waals surface area contributed by atoms with Gasteiger partial charge in [0.25, 0.3) is 0 Å². The van der Waals surface area contributed by atoms with E-state index in [9.17, 15) is 0 Å². The second-order valence-corrected chi connectivity index (χ2v) is 26.7. The third-order valence-electron chi connectivity index (χ3n) is 8.96. The number of fused-ring (bicyclic) bond motifs is 3. The zero-order valence-electron chi connectivity index (χ0n) is 25.7. The Kier molecular flexibility index (Phi) is 10.1. The molecule has 3 aliphatic carbocycles. The topological polar surface area (TPSA) is 0 Å². The summed E-state index contributed by atoms with van der Waals surface area (Å²) in [6.45, 7) is 21.9. The molecule has 3 aliphatic rings. The van der Waals surface area contributed by atoms with Crippen molar-refractivity contribution in [3.8, 4) is 11.1 Å². The Morgan fingerprint density at radius 2 is 1.21 bits per heavy atom. The molecule has 0 heterocycles. The molecule has 4 heteroatoms. The van der Waals surface area contributed by atoms with Gasteiger partial charge in [-0.3, -0.25) is 0 Å². The van der Waals surface area contributed by atoms with E-state index < -0.39 is 29.3 Å². The van der Waals surface area contributed by atoms with Crippen LogP contribution in [0.2, 0.25) is 19.6 Å². The maximum absolute atomic E-state index is 2.75. The standard InChI is InChI=1S/C21H25.C8H13Si.C6H10.2ClH.Zr/c1-20(2,3)16-7-9-18-14(12-16)11-15-13-17(21(4,5)6)8-10-19(15)18;1-9(2,3)8-6-4-5-7-8;1-2-4-6-5-3-1;;;/h7-13H,1-6H3;6-7H,4H2,1-3H3;1-5H2;2*1H;/q;;;;;+2/p-2. The number of hydrogen-bond donors (Lipinski definition) is 0. The van der Waals surface area contributed by atoms with Gasteiger partial charge in [-0.2, -0.15) is 0 Å². The molecular formula is C35H48Cl2SiZr. The van der Waals surface area contributed by atoms with Crippen LogP contribution in [0.5, 0.6) is 0 Å². The molecule has 0 saturated heterocycles. The van der Waals surface area contributed by atoms with Crippen molar-refractivity contribution in [2.75, 3.05) is 0 Å². The molecule has 0 spiro atoms.